The van der Waals surface area contributed by atoms with Gasteiger partial charge in [0.05, 0.1) is 5.75 Å². The fraction of sp³-hybridized carbons (Fsp3) is 0.471. The van der Waals surface area contributed by atoms with E-state index >= 15 is 0 Å². The summed E-state index contributed by atoms with van der Waals surface area (Å²) in [6.45, 7) is 2.02. The molecule has 122 valence electrons. The molecule has 1 aliphatic rings. The first kappa shape index (κ1) is 16.1. The van der Waals surface area contributed by atoms with Crippen LogP contribution in [0.2, 0.25) is 0 Å². The summed E-state index contributed by atoms with van der Waals surface area (Å²) < 4.78 is 0. The average Bonchev–Trinajstić information content (AvgIpc) is 3.20. The first-order chi connectivity index (χ1) is 11.2. The van der Waals surface area contributed by atoms with Gasteiger partial charge in [-0.15, -0.1) is 5.10 Å². The van der Waals surface area contributed by atoms with E-state index in [0.29, 0.717) is 10.9 Å². The maximum absolute atomic E-state index is 12.0. The molecule has 1 amide bonds. The van der Waals surface area contributed by atoms with Crippen molar-refractivity contribution < 1.29 is 4.79 Å². The van der Waals surface area contributed by atoms with Crippen molar-refractivity contribution in [3.8, 4) is 0 Å². The fourth-order valence-electron chi connectivity index (χ4n) is 2.89. The minimum absolute atomic E-state index is 0.0407. The van der Waals surface area contributed by atoms with Gasteiger partial charge in [0.15, 0.2) is 0 Å². The number of rotatable bonds is 6. The summed E-state index contributed by atoms with van der Waals surface area (Å²) in [5, 5.41) is 10.7. The number of H-pyrrole nitrogens is 1. The molecule has 1 heterocycles. The van der Waals surface area contributed by atoms with E-state index in [1.54, 1.807) is 0 Å². The Kier molecular flexibility index (Phi) is 5.33. The van der Waals surface area contributed by atoms with Gasteiger partial charge in [-0.1, -0.05) is 55.1 Å². The van der Waals surface area contributed by atoms with Crippen LogP contribution in [0.3, 0.4) is 0 Å². The average molecular weight is 330 g/mol. The van der Waals surface area contributed by atoms with Gasteiger partial charge in [-0.3, -0.25) is 9.89 Å². The monoisotopic (exact) mass is 330 g/mol. The zero-order valence-electron chi connectivity index (χ0n) is 13.3. The quantitative estimate of drug-likeness (QED) is 0.794. The highest BCUT2D eigenvalue weighted by atomic mass is 32.2. The second-order valence-corrected chi connectivity index (χ2v) is 7.06. The van der Waals surface area contributed by atoms with Crippen LogP contribution in [0.25, 0.3) is 0 Å². The fourth-order valence-corrected chi connectivity index (χ4v) is 3.50. The molecule has 1 aliphatic carbocycles. The number of amides is 1. The van der Waals surface area contributed by atoms with Gasteiger partial charge in [0, 0.05) is 12.1 Å². The molecule has 0 saturated heterocycles. The first-order valence-electron chi connectivity index (χ1n) is 8.09. The Morgan fingerprint density at radius 3 is 2.78 bits per heavy atom. The molecule has 0 unspecified atom stereocenters. The van der Waals surface area contributed by atoms with Crippen LogP contribution in [0.15, 0.2) is 29.4 Å². The number of aromatic nitrogens is 3. The first-order valence-corrected chi connectivity index (χ1v) is 9.08. The number of anilines is 1. The Morgan fingerprint density at radius 1 is 1.30 bits per heavy atom. The van der Waals surface area contributed by atoms with Crippen molar-refractivity contribution in [3.63, 3.8) is 0 Å². The van der Waals surface area contributed by atoms with E-state index in [1.165, 1.54) is 43.0 Å². The van der Waals surface area contributed by atoms with Crippen LogP contribution in [0.4, 0.5) is 5.69 Å². The smallest absolute Gasteiger partial charge is 0.234 e. The Balaban J connectivity index is 1.45. The number of aryl methyl sites for hydroxylation is 1. The molecular formula is C17H22N4OS. The predicted molar refractivity (Wildman–Crippen MR) is 92.6 cm³/mol. The molecule has 0 atom stereocenters. The van der Waals surface area contributed by atoms with E-state index in [4.69, 9.17) is 0 Å². The van der Waals surface area contributed by atoms with Gasteiger partial charge in [-0.05, 0) is 25.0 Å². The number of carbonyl (C=O) groups excluding carboxylic acids is 1. The van der Waals surface area contributed by atoms with Crippen LogP contribution in [0.5, 0.6) is 0 Å². The minimum atomic E-state index is -0.0407. The molecule has 3 rings (SSSR count). The molecule has 2 N–H and O–H groups in total. The van der Waals surface area contributed by atoms with Gasteiger partial charge >= 0.3 is 0 Å². The summed E-state index contributed by atoms with van der Waals surface area (Å²) >= 11 is 1.36. The molecular weight excluding hydrogens is 308 g/mol. The number of nitrogens with zero attached hydrogens (tertiary/aromatic N) is 2. The molecule has 1 fully saturated rings. The van der Waals surface area contributed by atoms with E-state index < -0.39 is 0 Å². The van der Waals surface area contributed by atoms with Crippen molar-refractivity contribution in [2.24, 2.45) is 5.92 Å². The van der Waals surface area contributed by atoms with Crippen LogP contribution < -0.4 is 5.32 Å². The number of nitrogens with one attached hydrogen (secondary N) is 2. The minimum Gasteiger partial charge on any atom is -0.325 e. The summed E-state index contributed by atoms with van der Waals surface area (Å²) in [5.41, 5.74) is 1.99. The number of thioether (sulfide) groups is 1. The molecule has 6 heteroatoms. The third kappa shape index (κ3) is 4.82. The molecule has 23 heavy (non-hydrogen) atoms. The normalized spacial score (nSPS) is 15.0. The highest BCUT2D eigenvalue weighted by molar-refractivity contribution is 7.99. The van der Waals surface area contributed by atoms with Crippen LogP contribution in [-0.2, 0) is 11.2 Å². The van der Waals surface area contributed by atoms with E-state index in [2.05, 4.69) is 20.5 Å². The van der Waals surface area contributed by atoms with Crippen LogP contribution in [0.1, 0.15) is 37.1 Å². The van der Waals surface area contributed by atoms with Gasteiger partial charge in [0.25, 0.3) is 0 Å². The molecule has 0 radical (unpaired) electrons. The summed E-state index contributed by atoms with van der Waals surface area (Å²) in [6.07, 6.45) is 6.23. The zero-order chi connectivity index (χ0) is 16.1. The third-order valence-electron chi connectivity index (χ3n) is 4.14. The summed E-state index contributed by atoms with van der Waals surface area (Å²) in [7, 11) is 0. The molecule has 2 aromatic rings. The molecule has 1 aromatic carbocycles. The summed E-state index contributed by atoms with van der Waals surface area (Å²) in [5.74, 6) is 1.96. The van der Waals surface area contributed by atoms with Crippen molar-refractivity contribution in [3.05, 3.63) is 35.7 Å². The van der Waals surface area contributed by atoms with Gasteiger partial charge in [-0.2, -0.15) is 0 Å². The molecule has 0 spiro atoms. The Hall–Kier alpha value is -1.82. The topological polar surface area (TPSA) is 70.7 Å². The van der Waals surface area contributed by atoms with E-state index in [1.807, 2.05) is 31.2 Å². The van der Waals surface area contributed by atoms with E-state index in [0.717, 1.165) is 23.9 Å². The molecule has 0 aliphatic heterocycles. The van der Waals surface area contributed by atoms with Gasteiger partial charge in [-0.25, -0.2) is 4.98 Å². The van der Waals surface area contributed by atoms with Gasteiger partial charge < -0.3 is 5.32 Å². The molecule has 1 saturated carbocycles. The highest BCUT2D eigenvalue weighted by Crippen LogP contribution is 2.27. The summed E-state index contributed by atoms with van der Waals surface area (Å²) in [4.78, 5) is 16.4. The van der Waals surface area contributed by atoms with Crippen molar-refractivity contribution >= 4 is 23.4 Å². The number of benzene rings is 1. The Labute approximate surface area is 140 Å². The SMILES string of the molecule is Cc1ccc(NC(=O)CSc2n[nH]c(CC3CCCC3)n2)cc1. The number of aromatic amines is 1. The summed E-state index contributed by atoms with van der Waals surface area (Å²) in [6, 6.07) is 7.77. The van der Waals surface area contributed by atoms with Gasteiger partial charge in [0.2, 0.25) is 11.1 Å². The second-order valence-electron chi connectivity index (χ2n) is 6.12. The lowest BCUT2D eigenvalue weighted by molar-refractivity contribution is -0.113. The van der Waals surface area contributed by atoms with Crippen LogP contribution >= 0.6 is 11.8 Å². The number of hydrogen-bond donors (Lipinski definition) is 2. The van der Waals surface area contributed by atoms with Crippen molar-refractivity contribution in [2.75, 3.05) is 11.1 Å². The van der Waals surface area contributed by atoms with E-state index in [9.17, 15) is 4.79 Å². The van der Waals surface area contributed by atoms with Crippen LogP contribution in [0, 0.1) is 12.8 Å². The number of carbonyl (C=O) groups is 1. The van der Waals surface area contributed by atoms with Crippen molar-refractivity contribution in [2.45, 2.75) is 44.2 Å². The second kappa shape index (κ2) is 7.64. The molecule has 1 aromatic heterocycles. The van der Waals surface area contributed by atoms with Crippen LogP contribution in [-0.4, -0.2) is 26.8 Å². The largest absolute Gasteiger partial charge is 0.325 e. The van der Waals surface area contributed by atoms with Crippen molar-refractivity contribution in [1.29, 1.82) is 0 Å². The molecule has 5 nitrogen and oxygen atoms in total. The number of hydrogen-bond acceptors (Lipinski definition) is 4. The standard InChI is InChI=1S/C17H22N4OS/c1-12-6-8-14(9-7-12)18-16(22)11-23-17-19-15(20-21-17)10-13-4-2-3-5-13/h6-9,13H,2-5,10-11H2,1H3,(H,18,22)(H,19,20,21). The third-order valence-corrected chi connectivity index (χ3v) is 4.98. The predicted octanol–water partition coefficient (Wildman–Crippen LogP) is 3.58. The maximum atomic E-state index is 12.0. The Morgan fingerprint density at radius 2 is 2.04 bits per heavy atom. The lowest BCUT2D eigenvalue weighted by Crippen LogP contribution is -2.14. The lowest BCUT2D eigenvalue weighted by Gasteiger charge is -2.04. The zero-order valence-corrected chi connectivity index (χ0v) is 14.2. The van der Waals surface area contributed by atoms with Crippen molar-refractivity contribution in [1.82, 2.24) is 15.2 Å². The maximum Gasteiger partial charge on any atom is 0.234 e. The van der Waals surface area contributed by atoms with E-state index in [-0.39, 0.29) is 5.91 Å². The van der Waals surface area contributed by atoms with Gasteiger partial charge in [0.1, 0.15) is 5.82 Å². The Bertz CT molecular complexity index is 647. The highest BCUT2D eigenvalue weighted by Gasteiger charge is 2.17. The molecule has 0 bridgehead atoms. The lowest BCUT2D eigenvalue weighted by atomic mass is 10.0.